The van der Waals surface area contributed by atoms with Crippen LogP contribution in [0.25, 0.3) is 16.6 Å². The Hall–Kier alpha value is -3.76. The number of methoxy groups -OCH3 is 1. The minimum atomic E-state index is -0.181. The number of para-hydroxylation sites is 1. The van der Waals surface area contributed by atoms with Gasteiger partial charge in [0, 0.05) is 27.9 Å². The summed E-state index contributed by atoms with van der Waals surface area (Å²) in [4.78, 5) is 18.3. The van der Waals surface area contributed by atoms with Crippen LogP contribution in [0.15, 0.2) is 65.7 Å². The van der Waals surface area contributed by atoms with E-state index in [9.17, 15) is 10.1 Å². The molecule has 1 amide bonds. The maximum atomic E-state index is 12.9. The van der Waals surface area contributed by atoms with Crippen molar-refractivity contribution in [3.63, 3.8) is 0 Å². The second kappa shape index (κ2) is 9.16. The molecular formula is C25H22N4O2S. The molecule has 0 saturated carbocycles. The zero-order valence-electron chi connectivity index (χ0n) is 18.0. The number of pyridine rings is 1. The van der Waals surface area contributed by atoms with Crippen LogP contribution in [0.4, 0.5) is 5.82 Å². The van der Waals surface area contributed by atoms with Crippen LogP contribution < -0.4 is 10.1 Å². The first-order chi connectivity index (χ1) is 15.5. The van der Waals surface area contributed by atoms with E-state index in [0.717, 1.165) is 38.5 Å². The van der Waals surface area contributed by atoms with Gasteiger partial charge in [0.2, 0.25) is 5.91 Å². The molecule has 0 saturated heterocycles. The Morgan fingerprint density at radius 1 is 1.16 bits per heavy atom. The van der Waals surface area contributed by atoms with Crippen LogP contribution in [-0.4, -0.2) is 28.3 Å². The molecule has 0 fully saturated rings. The normalized spacial score (nSPS) is 10.7. The number of anilines is 1. The maximum absolute atomic E-state index is 12.9. The second-order valence-electron chi connectivity index (χ2n) is 7.24. The number of amides is 1. The summed E-state index contributed by atoms with van der Waals surface area (Å²) in [5, 5.41) is 13.7. The summed E-state index contributed by atoms with van der Waals surface area (Å²) in [5.41, 5.74) is 3.94. The van der Waals surface area contributed by atoms with Crippen molar-refractivity contribution in [3.8, 4) is 17.5 Å². The van der Waals surface area contributed by atoms with Crippen LogP contribution in [0, 0.1) is 25.2 Å². The number of rotatable bonds is 6. The van der Waals surface area contributed by atoms with Crippen LogP contribution >= 0.6 is 11.8 Å². The molecule has 0 unspecified atom stereocenters. The van der Waals surface area contributed by atoms with E-state index >= 15 is 0 Å². The van der Waals surface area contributed by atoms with Gasteiger partial charge in [-0.05, 0) is 55.8 Å². The fourth-order valence-electron chi connectivity index (χ4n) is 3.62. The smallest absolute Gasteiger partial charge is 0.235 e. The van der Waals surface area contributed by atoms with E-state index in [0.29, 0.717) is 11.4 Å². The van der Waals surface area contributed by atoms with E-state index < -0.39 is 0 Å². The van der Waals surface area contributed by atoms with Crippen molar-refractivity contribution < 1.29 is 9.53 Å². The average molecular weight is 443 g/mol. The van der Waals surface area contributed by atoms with Gasteiger partial charge in [-0.2, -0.15) is 5.26 Å². The Labute approximate surface area is 190 Å². The third kappa shape index (κ3) is 4.05. The van der Waals surface area contributed by atoms with Gasteiger partial charge in [0.1, 0.15) is 17.6 Å². The van der Waals surface area contributed by atoms with E-state index in [1.807, 2.05) is 73.0 Å². The Bertz CT molecular complexity index is 1330. The molecule has 7 heteroatoms. The summed E-state index contributed by atoms with van der Waals surface area (Å²) < 4.78 is 7.15. The van der Waals surface area contributed by atoms with E-state index in [2.05, 4.69) is 16.4 Å². The van der Waals surface area contributed by atoms with Gasteiger partial charge in [0.15, 0.2) is 0 Å². The van der Waals surface area contributed by atoms with Gasteiger partial charge in [0.05, 0.1) is 23.9 Å². The Morgan fingerprint density at radius 2 is 1.91 bits per heavy atom. The molecule has 2 heterocycles. The second-order valence-corrected chi connectivity index (χ2v) is 8.26. The number of nitriles is 1. The van der Waals surface area contributed by atoms with Gasteiger partial charge in [0.25, 0.3) is 0 Å². The fraction of sp³-hybridized carbons (Fsp3) is 0.160. The SMILES string of the molecule is COc1ccc(-n2c(C)c(C)c(C#N)c2NC(=O)CSc2ccnc3ccccc23)cc1. The molecule has 6 nitrogen and oxygen atoms in total. The number of fused-ring (bicyclic) bond motifs is 1. The summed E-state index contributed by atoms with van der Waals surface area (Å²) in [5.74, 6) is 1.25. The summed E-state index contributed by atoms with van der Waals surface area (Å²) in [7, 11) is 1.61. The first-order valence-electron chi connectivity index (χ1n) is 10.1. The van der Waals surface area contributed by atoms with Crippen molar-refractivity contribution in [2.45, 2.75) is 18.7 Å². The Balaban J connectivity index is 1.61. The lowest BCUT2D eigenvalue weighted by Gasteiger charge is -2.14. The number of nitrogens with one attached hydrogen (secondary N) is 1. The number of aromatic nitrogens is 2. The maximum Gasteiger partial charge on any atom is 0.235 e. The van der Waals surface area contributed by atoms with Gasteiger partial charge in [-0.3, -0.25) is 14.3 Å². The molecule has 0 spiro atoms. The van der Waals surface area contributed by atoms with E-state index in [1.54, 1.807) is 13.3 Å². The van der Waals surface area contributed by atoms with Crippen molar-refractivity contribution >= 4 is 34.4 Å². The summed E-state index contributed by atoms with van der Waals surface area (Å²) in [6.45, 7) is 3.83. The van der Waals surface area contributed by atoms with Gasteiger partial charge >= 0.3 is 0 Å². The molecular weight excluding hydrogens is 420 g/mol. The molecule has 2 aromatic carbocycles. The molecule has 0 atom stereocenters. The number of carbonyl (C=O) groups excluding carboxylic acids is 1. The Morgan fingerprint density at radius 3 is 2.62 bits per heavy atom. The highest BCUT2D eigenvalue weighted by atomic mass is 32.2. The molecule has 160 valence electrons. The number of carbonyl (C=O) groups is 1. The molecule has 0 aliphatic rings. The minimum absolute atomic E-state index is 0.181. The van der Waals surface area contributed by atoms with Gasteiger partial charge < -0.3 is 10.1 Å². The Kier molecular flexibility index (Phi) is 6.15. The molecule has 0 bridgehead atoms. The van der Waals surface area contributed by atoms with Crippen LogP contribution in [0.2, 0.25) is 0 Å². The van der Waals surface area contributed by atoms with Crippen molar-refractivity contribution in [2.75, 3.05) is 18.2 Å². The zero-order chi connectivity index (χ0) is 22.7. The highest BCUT2D eigenvalue weighted by molar-refractivity contribution is 8.00. The third-order valence-corrected chi connectivity index (χ3v) is 6.46. The topological polar surface area (TPSA) is 79.9 Å². The molecule has 1 N–H and O–H groups in total. The number of hydrogen-bond donors (Lipinski definition) is 1. The molecule has 2 aromatic heterocycles. The van der Waals surface area contributed by atoms with Crippen molar-refractivity contribution in [1.29, 1.82) is 5.26 Å². The molecule has 0 aliphatic heterocycles. The average Bonchev–Trinajstić information content (AvgIpc) is 3.06. The summed E-state index contributed by atoms with van der Waals surface area (Å²) in [6.07, 6.45) is 1.75. The number of thioether (sulfide) groups is 1. The summed E-state index contributed by atoms with van der Waals surface area (Å²) >= 11 is 1.45. The van der Waals surface area contributed by atoms with E-state index in [4.69, 9.17) is 4.74 Å². The predicted octanol–water partition coefficient (Wildman–Crippen LogP) is 5.25. The zero-order valence-corrected chi connectivity index (χ0v) is 18.9. The first kappa shape index (κ1) is 21.5. The van der Waals surface area contributed by atoms with Crippen LogP contribution in [-0.2, 0) is 4.79 Å². The van der Waals surface area contributed by atoms with Gasteiger partial charge in [-0.15, -0.1) is 11.8 Å². The van der Waals surface area contributed by atoms with Crippen molar-refractivity contribution in [2.24, 2.45) is 0 Å². The molecule has 32 heavy (non-hydrogen) atoms. The number of hydrogen-bond acceptors (Lipinski definition) is 5. The lowest BCUT2D eigenvalue weighted by molar-refractivity contribution is -0.113. The first-order valence-corrected chi connectivity index (χ1v) is 11.0. The number of nitrogens with zero attached hydrogens (tertiary/aromatic N) is 3. The largest absolute Gasteiger partial charge is 0.497 e. The lowest BCUT2D eigenvalue weighted by Crippen LogP contribution is -2.17. The van der Waals surface area contributed by atoms with Gasteiger partial charge in [-0.25, -0.2) is 0 Å². The molecule has 4 aromatic rings. The molecule has 4 rings (SSSR count). The van der Waals surface area contributed by atoms with Crippen LogP contribution in [0.5, 0.6) is 5.75 Å². The predicted molar refractivity (Wildman–Crippen MR) is 128 cm³/mol. The minimum Gasteiger partial charge on any atom is -0.497 e. The molecule has 0 aliphatic carbocycles. The van der Waals surface area contributed by atoms with E-state index in [1.165, 1.54) is 11.8 Å². The number of benzene rings is 2. The van der Waals surface area contributed by atoms with Crippen LogP contribution in [0.3, 0.4) is 0 Å². The highest BCUT2D eigenvalue weighted by Gasteiger charge is 2.21. The lowest BCUT2D eigenvalue weighted by atomic mass is 10.2. The summed E-state index contributed by atoms with van der Waals surface area (Å²) in [6, 6.07) is 19.5. The fourth-order valence-corrected chi connectivity index (χ4v) is 4.47. The highest BCUT2D eigenvalue weighted by Crippen LogP contribution is 2.31. The van der Waals surface area contributed by atoms with Crippen molar-refractivity contribution in [1.82, 2.24) is 9.55 Å². The quantitative estimate of drug-likeness (QED) is 0.412. The standard InChI is InChI=1S/C25H22N4O2S/c1-16-17(2)29(18-8-10-19(31-3)11-9-18)25(21(16)14-26)28-24(30)15-32-23-12-13-27-22-7-5-4-6-20(22)23/h4-13H,15H2,1-3H3,(H,28,30). The monoisotopic (exact) mass is 442 g/mol. The number of ether oxygens (including phenoxy) is 1. The van der Waals surface area contributed by atoms with E-state index in [-0.39, 0.29) is 11.7 Å². The van der Waals surface area contributed by atoms with Crippen molar-refractivity contribution in [3.05, 3.63) is 77.6 Å². The third-order valence-electron chi connectivity index (χ3n) is 5.38. The molecule has 0 radical (unpaired) electrons. The van der Waals surface area contributed by atoms with Crippen LogP contribution in [0.1, 0.15) is 16.8 Å². The van der Waals surface area contributed by atoms with Gasteiger partial charge in [-0.1, -0.05) is 18.2 Å².